The third kappa shape index (κ3) is 2.87. The number of anilines is 1. The number of hydrogen-bond donors (Lipinski definition) is 3. The Bertz CT molecular complexity index is 537. The van der Waals surface area contributed by atoms with Crippen LogP contribution in [0.4, 0.5) is 5.69 Å². The second-order valence-electron chi connectivity index (χ2n) is 3.54. The standard InChI is InChI=1S/C12H11ClN2O2/c13-9-5-11(14-6-9)12(17)15-10-3-1-2-8(4-10)7-16/h1-6,14,16H,7H2,(H,15,17). The average Bonchev–Trinajstić information content (AvgIpc) is 2.76. The number of aromatic amines is 1. The maximum absolute atomic E-state index is 11.8. The summed E-state index contributed by atoms with van der Waals surface area (Å²) in [6.45, 7) is -0.0575. The highest BCUT2D eigenvalue weighted by molar-refractivity contribution is 6.31. The zero-order valence-electron chi connectivity index (χ0n) is 8.90. The van der Waals surface area contributed by atoms with E-state index in [-0.39, 0.29) is 12.5 Å². The summed E-state index contributed by atoms with van der Waals surface area (Å²) in [5.41, 5.74) is 1.77. The van der Waals surface area contributed by atoms with Gasteiger partial charge in [0.25, 0.3) is 5.91 Å². The largest absolute Gasteiger partial charge is 0.392 e. The van der Waals surface area contributed by atoms with Crippen LogP contribution in [0.1, 0.15) is 16.1 Å². The fourth-order valence-corrected chi connectivity index (χ4v) is 1.61. The summed E-state index contributed by atoms with van der Waals surface area (Å²) in [6.07, 6.45) is 1.54. The third-order valence-corrected chi connectivity index (χ3v) is 2.48. The van der Waals surface area contributed by atoms with Crippen LogP contribution in [-0.2, 0) is 6.61 Å². The van der Waals surface area contributed by atoms with Gasteiger partial charge in [0.15, 0.2) is 0 Å². The fourth-order valence-electron chi connectivity index (χ4n) is 1.44. The molecule has 2 aromatic rings. The van der Waals surface area contributed by atoms with Crippen LogP contribution in [0.25, 0.3) is 0 Å². The molecule has 0 aliphatic heterocycles. The van der Waals surface area contributed by atoms with Crippen LogP contribution in [0.3, 0.4) is 0 Å². The molecule has 3 N–H and O–H groups in total. The summed E-state index contributed by atoms with van der Waals surface area (Å²) in [7, 11) is 0. The minimum absolute atomic E-state index is 0.0575. The number of carbonyl (C=O) groups is 1. The van der Waals surface area contributed by atoms with Gasteiger partial charge in [-0.05, 0) is 23.8 Å². The number of benzene rings is 1. The van der Waals surface area contributed by atoms with Crippen molar-refractivity contribution in [2.24, 2.45) is 0 Å². The Morgan fingerprint density at radius 2 is 2.24 bits per heavy atom. The molecule has 0 atom stereocenters. The molecule has 1 aromatic carbocycles. The van der Waals surface area contributed by atoms with Crippen molar-refractivity contribution in [2.75, 3.05) is 5.32 Å². The van der Waals surface area contributed by atoms with Gasteiger partial charge in [-0.2, -0.15) is 0 Å². The normalized spacial score (nSPS) is 10.2. The van der Waals surface area contributed by atoms with Gasteiger partial charge in [-0.3, -0.25) is 4.79 Å². The molecule has 0 fully saturated rings. The molecule has 17 heavy (non-hydrogen) atoms. The quantitative estimate of drug-likeness (QED) is 0.783. The van der Waals surface area contributed by atoms with Crippen molar-refractivity contribution in [3.05, 3.63) is 52.8 Å². The summed E-state index contributed by atoms with van der Waals surface area (Å²) in [4.78, 5) is 14.5. The fraction of sp³-hybridized carbons (Fsp3) is 0.0833. The Morgan fingerprint density at radius 1 is 1.41 bits per heavy atom. The van der Waals surface area contributed by atoms with Crippen molar-refractivity contribution in [1.82, 2.24) is 4.98 Å². The van der Waals surface area contributed by atoms with Crippen LogP contribution in [0.5, 0.6) is 0 Å². The minimum atomic E-state index is -0.271. The second kappa shape index (κ2) is 5.03. The first-order chi connectivity index (χ1) is 8.19. The van der Waals surface area contributed by atoms with Crippen molar-refractivity contribution in [2.45, 2.75) is 6.61 Å². The molecule has 0 saturated carbocycles. The Hall–Kier alpha value is -1.78. The van der Waals surface area contributed by atoms with Gasteiger partial charge in [0, 0.05) is 11.9 Å². The van der Waals surface area contributed by atoms with Gasteiger partial charge in [-0.1, -0.05) is 23.7 Å². The zero-order valence-corrected chi connectivity index (χ0v) is 9.66. The molecule has 4 nitrogen and oxygen atoms in total. The summed E-state index contributed by atoms with van der Waals surface area (Å²) >= 11 is 5.71. The van der Waals surface area contributed by atoms with Gasteiger partial charge < -0.3 is 15.4 Å². The van der Waals surface area contributed by atoms with Crippen molar-refractivity contribution >= 4 is 23.2 Å². The summed E-state index contributed by atoms with van der Waals surface area (Å²) in [6, 6.07) is 8.56. The van der Waals surface area contributed by atoms with E-state index in [2.05, 4.69) is 10.3 Å². The van der Waals surface area contributed by atoms with E-state index in [0.29, 0.717) is 16.4 Å². The lowest BCUT2D eigenvalue weighted by atomic mass is 10.2. The van der Waals surface area contributed by atoms with Crippen molar-refractivity contribution < 1.29 is 9.90 Å². The van der Waals surface area contributed by atoms with E-state index in [0.717, 1.165) is 5.56 Å². The number of rotatable bonds is 3. The number of aliphatic hydroxyl groups excluding tert-OH is 1. The Balaban J connectivity index is 2.12. The smallest absolute Gasteiger partial charge is 0.272 e. The monoisotopic (exact) mass is 250 g/mol. The Kier molecular flexibility index (Phi) is 3.46. The molecule has 0 radical (unpaired) electrons. The predicted octanol–water partition coefficient (Wildman–Crippen LogP) is 2.41. The first-order valence-corrected chi connectivity index (χ1v) is 5.42. The van der Waals surface area contributed by atoms with E-state index in [1.165, 1.54) is 0 Å². The van der Waals surface area contributed by atoms with E-state index < -0.39 is 0 Å². The highest BCUT2D eigenvalue weighted by Gasteiger charge is 2.08. The number of amides is 1. The number of carbonyl (C=O) groups excluding carboxylic acids is 1. The molecule has 0 bridgehead atoms. The molecule has 1 heterocycles. The number of nitrogens with one attached hydrogen (secondary N) is 2. The lowest BCUT2D eigenvalue weighted by Crippen LogP contribution is -2.12. The highest BCUT2D eigenvalue weighted by atomic mass is 35.5. The molecule has 0 aliphatic rings. The van der Waals surface area contributed by atoms with Gasteiger partial charge in [0.05, 0.1) is 11.6 Å². The van der Waals surface area contributed by atoms with Crippen molar-refractivity contribution in [3.63, 3.8) is 0 Å². The zero-order chi connectivity index (χ0) is 12.3. The Morgan fingerprint density at radius 3 is 2.88 bits per heavy atom. The van der Waals surface area contributed by atoms with Gasteiger partial charge in [0.2, 0.25) is 0 Å². The minimum Gasteiger partial charge on any atom is -0.392 e. The molecular formula is C12H11ClN2O2. The molecule has 1 amide bonds. The van der Waals surface area contributed by atoms with E-state index in [9.17, 15) is 4.79 Å². The van der Waals surface area contributed by atoms with Crippen molar-refractivity contribution in [3.8, 4) is 0 Å². The number of halogens is 1. The number of hydrogen-bond acceptors (Lipinski definition) is 2. The molecule has 5 heteroatoms. The van der Waals surface area contributed by atoms with Gasteiger partial charge in [0.1, 0.15) is 5.69 Å². The van der Waals surface area contributed by atoms with Gasteiger partial charge in [-0.25, -0.2) is 0 Å². The number of aromatic nitrogens is 1. The molecule has 2 rings (SSSR count). The van der Waals surface area contributed by atoms with Crippen LogP contribution >= 0.6 is 11.6 Å². The topological polar surface area (TPSA) is 65.1 Å². The molecule has 0 spiro atoms. The first kappa shape index (κ1) is 11.7. The van der Waals surface area contributed by atoms with Gasteiger partial charge >= 0.3 is 0 Å². The Labute approximate surface area is 103 Å². The third-order valence-electron chi connectivity index (χ3n) is 2.26. The highest BCUT2D eigenvalue weighted by Crippen LogP contribution is 2.14. The van der Waals surface area contributed by atoms with Crippen LogP contribution in [0.2, 0.25) is 5.02 Å². The lowest BCUT2D eigenvalue weighted by Gasteiger charge is -2.05. The second-order valence-corrected chi connectivity index (χ2v) is 3.98. The molecule has 0 aliphatic carbocycles. The summed E-state index contributed by atoms with van der Waals surface area (Å²) in [5.74, 6) is -0.271. The van der Waals surface area contributed by atoms with E-state index in [4.69, 9.17) is 16.7 Å². The van der Waals surface area contributed by atoms with Crippen LogP contribution < -0.4 is 5.32 Å². The van der Waals surface area contributed by atoms with Crippen LogP contribution in [-0.4, -0.2) is 16.0 Å². The predicted molar refractivity (Wildman–Crippen MR) is 66.1 cm³/mol. The van der Waals surface area contributed by atoms with Crippen molar-refractivity contribution in [1.29, 1.82) is 0 Å². The lowest BCUT2D eigenvalue weighted by molar-refractivity contribution is 0.102. The summed E-state index contributed by atoms with van der Waals surface area (Å²) < 4.78 is 0. The molecular weight excluding hydrogens is 240 g/mol. The molecule has 1 aromatic heterocycles. The number of H-pyrrole nitrogens is 1. The maximum atomic E-state index is 11.8. The molecule has 88 valence electrons. The number of aliphatic hydroxyl groups is 1. The first-order valence-electron chi connectivity index (χ1n) is 5.04. The average molecular weight is 251 g/mol. The van der Waals surface area contributed by atoms with E-state index in [1.54, 1.807) is 36.5 Å². The SMILES string of the molecule is O=C(Nc1cccc(CO)c1)c1cc(Cl)c[nH]1. The van der Waals surface area contributed by atoms with E-state index >= 15 is 0 Å². The maximum Gasteiger partial charge on any atom is 0.272 e. The molecule has 0 unspecified atom stereocenters. The summed E-state index contributed by atoms with van der Waals surface area (Å²) in [5, 5.41) is 12.2. The van der Waals surface area contributed by atoms with Crippen LogP contribution in [0, 0.1) is 0 Å². The van der Waals surface area contributed by atoms with Crippen LogP contribution in [0.15, 0.2) is 36.5 Å². The van der Waals surface area contributed by atoms with Gasteiger partial charge in [-0.15, -0.1) is 0 Å². The van der Waals surface area contributed by atoms with E-state index in [1.807, 2.05) is 0 Å². The molecule has 0 saturated heterocycles.